The molecule has 1 aliphatic heterocycles. The van der Waals surface area contributed by atoms with Gasteiger partial charge in [0.1, 0.15) is 0 Å². The summed E-state index contributed by atoms with van der Waals surface area (Å²) >= 11 is 3.14. The Labute approximate surface area is 104 Å². The van der Waals surface area contributed by atoms with E-state index < -0.39 is 12.0 Å². The average Bonchev–Trinajstić information content (AvgIpc) is 2.59. The molecule has 0 unspecified atom stereocenters. The lowest BCUT2D eigenvalue weighted by atomic mass is 10.2. The third kappa shape index (κ3) is 2.01. The Morgan fingerprint density at radius 3 is 2.59 bits per heavy atom. The van der Waals surface area contributed by atoms with E-state index in [1.54, 1.807) is 0 Å². The zero-order valence-corrected chi connectivity index (χ0v) is 10.0. The van der Waals surface area contributed by atoms with Gasteiger partial charge >= 0.3 is 12.0 Å². The van der Waals surface area contributed by atoms with Crippen molar-refractivity contribution in [2.45, 2.75) is 0 Å². The van der Waals surface area contributed by atoms with Crippen LogP contribution in [-0.2, 0) is 4.79 Å². The summed E-state index contributed by atoms with van der Waals surface area (Å²) in [5.41, 5.74) is 0.405. The second-order valence-electron chi connectivity index (χ2n) is 3.36. The summed E-state index contributed by atoms with van der Waals surface area (Å²) in [5.74, 6) is -1.45. The van der Waals surface area contributed by atoms with Crippen LogP contribution in [0, 0.1) is 0 Å². The number of carbonyl (C=O) groups excluding carboxylic acids is 2. The minimum atomic E-state index is -1.07. The minimum absolute atomic E-state index is 0.0496. The lowest BCUT2D eigenvalue weighted by Crippen LogP contribution is -2.31. The molecule has 0 aromatic heterocycles. The number of hydrogen-bond donors (Lipinski definition) is 2. The first kappa shape index (κ1) is 11.6. The van der Waals surface area contributed by atoms with Gasteiger partial charge in [0.25, 0.3) is 5.91 Å². The van der Waals surface area contributed by atoms with E-state index >= 15 is 0 Å². The number of anilines is 1. The van der Waals surface area contributed by atoms with E-state index in [9.17, 15) is 14.4 Å². The molecular formula is C10H7BrN2O4. The van der Waals surface area contributed by atoms with Gasteiger partial charge in [0.15, 0.2) is 0 Å². The fourth-order valence-electron chi connectivity index (χ4n) is 1.49. The van der Waals surface area contributed by atoms with Crippen molar-refractivity contribution in [2.24, 2.45) is 0 Å². The van der Waals surface area contributed by atoms with Gasteiger partial charge in [-0.2, -0.15) is 0 Å². The van der Waals surface area contributed by atoms with Gasteiger partial charge in [0, 0.05) is 4.47 Å². The van der Waals surface area contributed by atoms with E-state index in [2.05, 4.69) is 21.2 Å². The second-order valence-corrected chi connectivity index (χ2v) is 4.21. The molecule has 1 fully saturated rings. The minimum Gasteiger partial charge on any atom is -0.478 e. The number of hydrogen-bond acceptors (Lipinski definition) is 3. The predicted molar refractivity (Wildman–Crippen MR) is 62.0 cm³/mol. The van der Waals surface area contributed by atoms with E-state index in [0.29, 0.717) is 10.2 Å². The Hall–Kier alpha value is -1.89. The van der Waals surface area contributed by atoms with Crippen LogP contribution >= 0.6 is 15.9 Å². The molecule has 0 atom stereocenters. The van der Waals surface area contributed by atoms with Crippen molar-refractivity contribution in [3.63, 3.8) is 0 Å². The van der Waals surface area contributed by atoms with Crippen molar-refractivity contribution >= 4 is 39.5 Å². The highest BCUT2D eigenvalue weighted by Gasteiger charge is 2.31. The number of benzene rings is 1. The summed E-state index contributed by atoms with van der Waals surface area (Å²) in [6, 6.07) is 3.58. The smallest absolute Gasteiger partial charge is 0.335 e. The van der Waals surface area contributed by atoms with Gasteiger partial charge in [-0.05, 0) is 34.1 Å². The highest BCUT2D eigenvalue weighted by atomic mass is 79.9. The fraction of sp³-hybridized carbons (Fsp3) is 0.100. The van der Waals surface area contributed by atoms with E-state index in [0.717, 1.165) is 4.90 Å². The lowest BCUT2D eigenvalue weighted by Gasteiger charge is -2.14. The topological polar surface area (TPSA) is 86.7 Å². The van der Waals surface area contributed by atoms with Crippen LogP contribution in [-0.4, -0.2) is 29.6 Å². The normalized spacial score (nSPS) is 15.0. The quantitative estimate of drug-likeness (QED) is 0.803. The molecule has 1 heterocycles. The van der Waals surface area contributed by atoms with E-state index in [-0.39, 0.29) is 18.0 Å². The summed E-state index contributed by atoms with van der Waals surface area (Å²) in [6.45, 7) is -0.0496. The van der Waals surface area contributed by atoms with Gasteiger partial charge in [-0.1, -0.05) is 0 Å². The fourth-order valence-corrected chi connectivity index (χ4v) is 2.04. The van der Waals surface area contributed by atoms with E-state index in [1.807, 2.05) is 0 Å². The number of carboxylic acids is 1. The van der Waals surface area contributed by atoms with Gasteiger partial charge in [-0.25, -0.2) is 14.5 Å². The third-order valence-electron chi connectivity index (χ3n) is 2.28. The van der Waals surface area contributed by atoms with E-state index in [4.69, 9.17) is 5.11 Å². The Morgan fingerprint density at radius 2 is 2.12 bits per heavy atom. The first-order valence-electron chi connectivity index (χ1n) is 4.64. The molecule has 0 aliphatic carbocycles. The van der Waals surface area contributed by atoms with Crippen LogP contribution in [0.3, 0.4) is 0 Å². The van der Waals surface area contributed by atoms with Crippen LogP contribution in [0.1, 0.15) is 10.4 Å². The van der Waals surface area contributed by atoms with Gasteiger partial charge in [-0.3, -0.25) is 4.79 Å². The number of urea groups is 1. The van der Waals surface area contributed by atoms with Gasteiger partial charge in [0.05, 0.1) is 17.8 Å². The first-order chi connectivity index (χ1) is 8.00. The van der Waals surface area contributed by atoms with Crippen LogP contribution in [0.15, 0.2) is 22.7 Å². The second kappa shape index (κ2) is 4.17. The number of halogens is 1. The molecule has 1 aromatic rings. The number of carboxylic acid groups (broad SMARTS) is 1. The Morgan fingerprint density at radius 1 is 1.41 bits per heavy atom. The standard InChI is InChI=1S/C10H7BrN2O4/c11-6-3-5(9(15)16)1-2-7(6)13-8(14)4-12-10(13)17/h1-3H,4H2,(H,12,17)(H,15,16). The molecule has 1 aromatic carbocycles. The van der Waals surface area contributed by atoms with Crippen molar-refractivity contribution in [3.05, 3.63) is 28.2 Å². The monoisotopic (exact) mass is 298 g/mol. The SMILES string of the molecule is O=C(O)c1ccc(N2C(=O)CNC2=O)c(Br)c1. The number of nitrogens with one attached hydrogen (secondary N) is 1. The van der Waals surface area contributed by atoms with Crippen molar-refractivity contribution < 1.29 is 19.5 Å². The number of carbonyl (C=O) groups is 3. The van der Waals surface area contributed by atoms with Crippen molar-refractivity contribution in [3.8, 4) is 0 Å². The first-order valence-corrected chi connectivity index (χ1v) is 5.43. The summed E-state index contributed by atoms with van der Waals surface area (Å²) in [4.78, 5) is 34.6. The molecule has 7 heteroatoms. The highest BCUT2D eigenvalue weighted by molar-refractivity contribution is 9.10. The zero-order chi connectivity index (χ0) is 12.6. The summed E-state index contributed by atoms with van der Waals surface area (Å²) in [6.07, 6.45) is 0. The van der Waals surface area contributed by atoms with Crippen LogP contribution in [0.4, 0.5) is 10.5 Å². The molecule has 0 spiro atoms. The third-order valence-corrected chi connectivity index (χ3v) is 2.91. The molecule has 0 bridgehead atoms. The molecule has 2 N–H and O–H groups in total. The van der Waals surface area contributed by atoms with E-state index in [1.165, 1.54) is 18.2 Å². The van der Waals surface area contributed by atoms with Crippen molar-refractivity contribution in [1.29, 1.82) is 0 Å². The molecule has 6 nitrogen and oxygen atoms in total. The Balaban J connectivity index is 2.43. The van der Waals surface area contributed by atoms with Crippen LogP contribution < -0.4 is 10.2 Å². The Bertz CT molecular complexity index is 513. The number of rotatable bonds is 2. The number of aromatic carboxylic acids is 1. The van der Waals surface area contributed by atoms with Gasteiger partial charge in [-0.15, -0.1) is 0 Å². The van der Waals surface area contributed by atoms with Crippen LogP contribution in [0.25, 0.3) is 0 Å². The molecule has 1 aliphatic rings. The molecule has 88 valence electrons. The summed E-state index contributed by atoms with van der Waals surface area (Å²) < 4.78 is 0.378. The summed E-state index contributed by atoms with van der Waals surface area (Å²) in [7, 11) is 0. The molecule has 2 rings (SSSR count). The molecular weight excluding hydrogens is 292 g/mol. The number of imide groups is 1. The zero-order valence-electron chi connectivity index (χ0n) is 8.44. The number of amides is 3. The van der Waals surface area contributed by atoms with Crippen molar-refractivity contribution in [2.75, 3.05) is 11.4 Å². The number of nitrogens with zero attached hydrogens (tertiary/aromatic N) is 1. The van der Waals surface area contributed by atoms with Gasteiger partial charge < -0.3 is 10.4 Å². The summed E-state index contributed by atoms with van der Waals surface area (Å²) in [5, 5.41) is 11.2. The molecule has 0 saturated carbocycles. The van der Waals surface area contributed by atoms with Crippen molar-refractivity contribution in [1.82, 2.24) is 5.32 Å². The molecule has 17 heavy (non-hydrogen) atoms. The predicted octanol–water partition coefficient (Wildman–Crippen LogP) is 1.20. The molecule has 3 amide bonds. The Kier molecular flexibility index (Phi) is 2.84. The largest absolute Gasteiger partial charge is 0.478 e. The maximum absolute atomic E-state index is 11.5. The highest BCUT2D eigenvalue weighted by Crippen LogP contribution is 2.28. The van der Waals surface area contributed by atoms with Gasteiger partial charge in [0.2, 0.25) is 0 Å². The average molecular weight is 299 g/mol. The molecule has 1 saturated heterocycles. The van der Waals surface area contributed by atoms with Crippen LogP contribution in [0.5, 0.6) is 0 Å². The maximum atomic E-state index is 11.5. The molecule has 0 radical (unpaired) electrons. The lowest BCUT2D eigenvalue weighted by molar-refractivity contribution is -0.115. The van der Waals surface area contributed by atoms with Crippen LogP contribution in [0.2, 0.25) is 0 Å². The maximum Gasteiger partial charge on any atom is 0.335 e.